The molecule has 5 rings (SSSR count). The van der Waals surface area contributed by atoms with Gasteiger partial charge in [0, 0.05) is 31.2 Å². The van der Waals surface area contributed by atoms with Crippen molar-refractivity contribution in [1.82, 2.24) is 4.98 Å². The molecule has 0 spiro atoms. The molecule has 0 bridgehead atoms. The Morgan fingerprint density at radius 2 is 0.818 bits per heavy atom. The highest BCUT2D eigenvalue weighted by Gasteiger charge is 2.02. The van der Waals surface area contributed by atoms with Gasteiger partial charge in [0.25, 0.3) is 0 Å². The minimum atomic E-state index is 0.715. The third-order valence-electron chi connectivity index (χ3n) is 6.64. The molecule has 10 heteroatoms. The zero-order valence-electron chi connectivity index (χ0n) is 24.9. The molecule has 0 saturated carbocycles. The van der Waals surface area contributed by atoms with Crippen LogP contribution in [-0.4, -0.2) is 18.1 Å². The fourth-order valence-corrected chi connectivity index (χ4v) is 4.17. The average molecular weight is 581 g/mol. The van der Waals surface area contributed by atoms with Gasteiger partial charge in [-0.2, -0.15) is 40.9 Å². The zero-order chi connectivity index (χ0) is 30.6. The number of aromatic nitrogens is 1. The van der Waals surface area contributed by atoms with Gasteiger partial charge < -0.3 is 4.90 Å². The summed E-state index contributed by atoms with van der Waals surface area (Å²) in [7, 11) is 0. The van der Waals surface area contributed by atoms with E-state index < -0.39 is 0 Å². The molecule has 5 aromatic rings. The Balaban J connectivity index is 1.15. The number of nitrogens with zero attached hydrogens (tertiary/aromatic N) is 10. The van der Waals surface area contributed by atoms with Gasteiger partial charge in [0.2, 0.25) is 0 Å². The van der Waals surface area contributed by atoms with Gasteiger partial charge in [-0.15, -0.1) is 0 Å². The Labute approximate surface area is 256 Å². The van der Waals surface area contributed by atoms with E-state index in [-0.39, 0.29) is 0 Å². The second kappa shape index (κ2) is 14.9. The summed E-state index contributed by atoms with van der Waals surface area (Å²) in [6.07, 6.45) is 3.36. The molecule has 44 heavy (non-hydrogen) atoms. The van der Waals surface area contributed by atoms with E-state index in [4.69, 9.17) is 0 Å². The maximum atomic E-state index is 4.40. The number of hydrogen-bond donors (Lipinski definition) is 0. The van der Waals surface area contributed by atoms with Crippen molar-refractivity contribution in [3.63, 3.8) is 0 Å². The average Bonchev–Trinajstić information content (AvgIpc) is 3.07. The van der Waals surface area contributed by atoms with Crippen LogP contribution in [0.3, 0.4) is 0 Å². The van der Waals surface area contributed by atoms with Crippen molar-refractivity contribution in [1.29, 1.82) is 0 Å². The van der Waals surface area contributed by atoms with Crippen LogP contribution in [0.5, 0.6) is 0 Å². The summed E-state index contributed by atoms with van der Waals surface area (Å²) in [4.78, 5) is 6.26. The summed E-state index contributed by atoms with van der Waals surface area (Å²) in [6.45, 7) is 8.20. The van der Waals surface area contributed by atoms with Gasteiger partial charge in [-0.25, -0.2) is 0 Å². The number of hydrogen-bond acceptors (Lipinski definition) is 10. The lowest BCUT2D eigenvalue weighted by Gasteiger charge is -2.20. The molecule has 0 atom stereocenters. The fourth-order valence-electron chi connectivity index (χ4n) is 4.17. The van der Waals surface area contributed by atoms with Crippen molar-refractivity contribution in [2.45, 2.75) is 20.8 Å². The number of rotatable bonds is 11. The largest absolute Gasteiger partial charge is 0.372 e. The zero-order valence-corrected chi connectivity index (χ0v) is 24.9. The van der Waals surface area contributed by atoms with E-state index in [2.05, 4.69) is 76.8 Å². The number of aryl methyl sites for hydroxylation is 1. The van der Waals surface area contributed by atoms with Crippen molar-refractivity contribution in [2.75, 3.05) is 18.0 Å². The maximum Gasteiger partial charge on any atom is 0.0887 e. The van der Waals surface area contributed by atoms with Crippen LogP contribution in [0.15, 0.2) is 156 Å². The third-order valence-corrected chi connectivity index (χ3v) is 6.64. The first-order valence-electron chi connectivity index (χ1n) is 14.3. The van der Waals surface area contributed by atoms with Crippen LogP contribution in [0.4, 0.5) is 51.2 Å². The van der Waals surface area contributed by atoms with Crippen LogP contribution >= 0.6 is 0 Å². The molecule has 0 aliphatic carbocycles. The third kappa shape index (κ3) is 8.39. The lowest BCUT2D eigenvalue weighted by Crippen LogP contribution is -2.21. The monoisotopic (exact) mass is 580 g/mol. The van der Waals surface area contributed by atoms with Gasteiger partial charge in [-0.05, 0) is 129 Å². The molecular formula is C34H32N10. The second-order valence-corrected chi connectivity index (χ2v) is 9.70. The molecule has 10 nitrogen and oxygen atoms in total. The Bertz CT molecular complexity index is 1760. The molecule has 0 aliphatic heterocycles. The molecule has 0 unspecified atom stereocenters. The fraction of sp³-hybridized carbons (Fsp3) is 0.147. The van der Waals surface area contributed by atoms with E-state index in [1.165, 1.54) is 5.69 Å². The van der Waals surface area contributed by atoms with Crippen LogP contribution < -0.4 is 4.90 Å². The van der Waals surface area contributed by atoms with Crippen LogP contribution in [-0.2, 0) is 0 Å². The smallest absolute Gasteiger partial charge is 0.0887 e. The molecule has 218 valence electrons. The number of azo groups is 4. The first-order valence-corrected chi connectivity index (χ1v) is 14.3. The van der Waals surface area contributed by atoms with E-state index in [1.807, 2.05) is 85.8 Å². The Hall–Kier alpha value is -5.77. The molecule has 0 aliphatic rings. The van der Waals surface area contributed by atoms with Gasteiger partial charge in [0.05, 0.1) is 45.5 Å². The number of benzene rings is 4. The van der Waals surface area contributed by atoms with Crippen molar-refractivity contribution in [2.24, 2.45) is 40.9 Å². The molecular weight excluding hydrogens is 548 g/mol. The molecule has 4 aromatic carbocycles. The standard InChI is InChI=1S/C34H32N10/c1-4-44(5-2)33-17-14-30(15-18-33)38-36-26-6-8-28(9-7-26)39-42-32-16-19-34(25(3)24-32)43-41-29-12-10-27(11-13-29)37-40-31-20-22-35-23-21-31/h6-24H,4-5H2,1-3H3. The van der Waals surface area contributed by atoms with Crippen LogP contribution in [0.1, 0.15) is 19.4 Å². The molecule has 0 fully saturated rings. The Kier molecular flexibility index (Phi) is 10.1. The lowest BCUT2D eigenvalue weighted by atomic mass is 10.2. The SMILES string of the molecule is CCN(CC)c1ccc(N=Nc2ccc(N=Nc3ccc(N=Nc4ccc(N=Nc5ccncc5)cc4)c(C)c3)cc2)cc1. The minimum Gasteiger partial charge on any atom is -0.372 e. The molecule has 0 saturated heterocycles. The van der Waals surface area contributed by atoms with Crippen molar-refractivity contribution in [3.8, 4) is 0 Å². The predicted molar refractivity (Wildman–Crippen MR) is 175 cm³/mol. The van der Waals surface area contributed by atoms with Gasteiger partial charge in [0.15, 0.2) is 0 Å². The van der Waals surface area contributed by atoms with Crippen LogP contribution in [0.2, 0.25) is 0 Å². The quantitative estimate of drug-likeness (QED) is 0.145. The van der Waals surface area contributed by atoms with E-state index in [9.17, 15) is 0 Å². The summed E-state index contributed by atoms with van der Waals surface area (Å²) in [5.74, 6) is 0. The summed E-state index contributed by atoms with van der Waals surface area (Å²) in [5, 5.41) is 34.6. The van der Waals surface area contributed by atoms with Crippen molar-refractivity contribution >= 4 is 51.2 Å². The first kappa shape index (κ1) is 29.7. The highest BCUT2D eigenvalue weighted by molar-refractivity contribution is 5.55. The summed E-state index contributed by atoms with van der Waals surface area (Å²) in [5.41, 5.74) is 8.05. The Morgan fingerprint density at radius 1 is 0.455 bits per heavy atom. The van der Waals surface area contributed by atoms with E-state index in [0.29, 0.717) is 5.69 Å². The van der Waals surface area contributed by atoms with Gasteiger partial charge in [0.1, 0.15) is 0 Å². The van der Waals surface area contributed by atoms with E-state index in [0.717, 1.165) is 58.5 Å². The maximum absolute atomic E-state index is 4.40. The molecule has 0 amide bonds. The second-order valence-electron chi connectivity index (χ2n) is 9.70. The van der Waals surface area contributed by atoms with E-state index >= 15 is 0 Å². The highest BCUT2D eigenvalue weighted by Crippen LogP contribution is 2.29. The van der Waals surface area contributed by atoms with Crippen molar-refractivity contribution < 1.29 is 0 Å². The number of pyridine rings is 1. The molecule has 0 radical (unpaired) electrons. The Morgan fingerprint density at radius 3 is 1.25 bits per heavy atom. The molecule has 1 heterocycles. The van der Waals surface area contributed by atoms with Crippen LogP contribution in [0.25, 0.3) is 0 Å². The van der Waals surface area contributed by atoms with Crippen molar-refractivity contribution in [3.05, 3.63) is 121 Å². The predicted octanol–water partition coefficient (Wildman–Crippen LogP) is 11.9. The highest BCUT2D eigenvalue weighted by atomic mass is 15.1. The first-order chi connectivity index (χ1) is 21.6. The van der Waals surface area contributed by atoms with E-state index in [1.54, 1.807) is 24.5 Å². The topological polar surface area (TPSA) is 115 Å². The molecule has 0 N–H and O–H groups in total. The van der Waals surface area contributed by atoms with Gasteiger partial charge in [-0.3, -0.25) is 4.98 Å². The van der Waals surface area contributed by atoms with Gasteiger partial charge in [-0.1, -0.05) is 0 Å². The normalized spacial score (nSPS) is 11.8. The summed E-state index contributed by atoms with van der Waals surface area (Å²) >= 11 is 0. The minimum absolute atomic E-state index is 0.715. The molecule has 1 aromatic heterocycles. The van der Waals surface area contributed by atoms with Crippen LogP contribution in [0, 0.1) is 6.92 Å². The van der Waals surface area contributed by atoms with Gasteiger partial charge >= 0.3 is 0 Å². The summed E-state index contributed by atoms with van der Waals surface area (Å²) < 4.78 is 0. The lowest BCUT2D eigenvalue weighted by molar-refractivity contribution is 0.866. The summed E-state index contributed by atoms with van der Waals surface area (Å²) in [6, 6.07) is 32.2. The number of anilines is 1.